The minimum Gasteiger partial charge on any atom is -0.386 e. The summed E-state index contributed by atoms with van der Waals surface area (Å²) in [7, 11) is 0. The van der Waals surface area contributed by atoms with Crippen molar-refractivity contribution in [1.82, 2.24) is 10.6 Å². The first kappa shape index (κ1) is 15.2. The maximum absolute atomic E-state index is 11.9. The van der Waals surface area contributed by atoms with Crippen molar-refractivity contribution in [1.29, 1.82) is 0 Å². The van der Waals surface area contributed by atoms with Crippen LogP contribution in [0.4, 0.5) is 8.78 Å². The van der Waals surface area contributed by atoms with Crippen molar-refractivity contribution in [2.45, 2.75) is 39.3 Å². The fourth-order valence-electron chi connectivity index (χ4n) is 0.937. The number of aliphatic hydroxyl groups excluding tert-OH is 1. The van der Waals surface area contributed by atoms with E-state index >= 15 is 0 Å². The Morgan fingerprint density at radius 1 is 1.25 bits per heavy atom. The average Bonchev–Trinajstić information content (AvgIpc) is 2.21. The van der Waals surface area contributed by atoms with Crippen LogP contribution in [0.3, 0.4) is 0 Å². The lowest BCUT2D eigenvalue weighted by atomic mass is 10.2. The van der Waals surface area contributed by atoms with E-state index in [2.05, 4.69) is 10.6 Å². The van der Waals surface area contributed by atoms with Crippen LogP contribution in [0.2, 0.25) is 0 Å². The first-order valence-corrected chi connectivity index (χ1v) is 5.32. The number of amides is 1. The number of hydrogen-bond acceptors (Lipinski definition) is 3. The van der Waals surface area contributed by atoms with Crippen molar-refractivity contribution in [2.24, 2.45) is 5.92 Å². The van der Waals surface area contributed by atoms with Gasteiger partial charge < -0.3 is 15.7 Å². The van der Waals surface area contributed by atoms with Gasteiger partial charge in [0.05, 0.1) is 6.04 Å². The predicted octanol–water partition coefficient (Wildman–Crippen LogP) is 0.363. The third-order valence-electron chi connectivity index (χ3n) is 2.00. The van der Waals surface area contributed by atoms with E-state index in [1.807, 2.05) is 13.8 Å². The summed E-state index contributed by atoms with van der Waals surface area (Å²) in [5.41, 5.74) is 0. The molecule has 0 radical (unpaired) electrons. The molecule has 0 aliphatic heterocycles. The molecule has 0 heterocycles. The molecule has 2 unspecified atom stereocenters. The fraction of sp³-hybridized carbons (Fsp3) is 0.900. The molecule has 3 N–H and O–H groups in total. The Balaban J connectivity index is 3.79. The summed E-state index contributed by atoms with van der Waals surface area (Å²) in [5.74, 6) is 0.0815. The summed E-state index contributed by atoms with van der Waals surface area (Å²) in [4.78, 5) is 11.4. The van der Waals surface area contributed by atoms with E-state index in [0.717, 1.165) is 0 Å². The Morgan fingerprint density at radius 3 is 2.25 bits per heavy atom. The highest BCUT2D eigenvalue weighted by molar-refractivity contribution is 5.81. The standard InChI is InChI=1S/C10H20F2N2O2/c1-6(2)4-14-10(16)7(3)13-5-8(15)9(11)12/h6-9,13,15H,4-5H2,1-3H3,(H,14,16). The van der Waals surface area contributed by atoms with E-state index < -0.39 is 18.6 Å². The smallest absolute Gasteiger partial charge is 0.265 e. The van der Waals surface area contributed by atoms with Crippen LogP contribution < -0.4 is 10.6 Å². The van der Waals surface area contributed by atoms with Gasteiger partial charge in [-0.15, -0.1) is 0 Å². The van der Waals surface area contributed by atoms with Crippen LogP contribution in [0.1, 0.15) is 20.8 Å². The number of alkyl halides is 2. The summed E-state index contributed by atoms with van der Waals surface area (Å²) in [6.07, 6.45) is -4.53. The Labute approximate surface area is 94.4 Å². The topological polar surface area (TPSA) is 61.4 Å². The second kappa shape index (κ2) is 7.51. The van der Waals surface area contributed by atoms with Crippen LogP contribution >= 0.6 is 0 Å². The molecule has 0 spiro atoms. The van der Waals surface area contributed by atoms with Crippen molar-refractivity contribution in [3.05, 3.63) is 0 Å². The van der Waals surface area contributed by atoms with Crippen molar-refractivity contribution in [3.63, 3.8) is 0 Å². The van der Waals surface area contributed by atoms with E-state index in [1.54, 1.807) is 6.92 Å². The lowest BCUT2D eigenvalue weighted by molar-refractivity contribution is -0.123. The maximum atomic E-state index is 11.9. The minimum atomic E-state index is -2.79. The summed E-state index contributed by atoms with van der Waals surface area (Å²) >= 11 is 0. The zero-order valence-corrected chi connectivity index (χ0v) is 9.84. The Morgan fingerprint density at radius 2 is 1.81 bits per heavy atom. The third-order valence-corrected chi connectivity index (χ3v) is 2.00. The van der Waals surface area contributed by atoms with Gasteiger partial charge in [-0.3, -0.25) is 4.79 Å². The molecule has 2 atom stereocenters. The largest absolute Gasteiger partial charge is 0.386 e. The van der Waals surface area contributed by atoms with Crippen LogP contribution in [-0.4, -0.2) is 42.7 Å². The van der Waals surface area contributed by atoms with Crippen LogP contribution in [-0.2, 0) is 4.79 Å². The summed E-state index contributed by atoms with van der Waals surface area (Å²) in [5, 5.41) is 14.0. The van der Waals surface area contributed by atoms with Crippen LogP contribution in [0, 0.1) is 5.92 Å². The Bertz CT molecular complexity index is 213. The monoisotopic (exact) mass is 238 g/mol. The number of aliphatic hydroxyl groups is 1. The summed E-state index contributed by atoms with van der Waals surface area (Å²) < 4.78 is 23.9. The molecule has 0 saturated carbocycles. The zero-order chi connectivity index (χ0) is 12.7. The molecule has 1 amide bonds. The van der Waals surface area contributed by atoms with Crippen molar-refractivity contribution < 1.29 is 18.7 Å². The van der Waals surface area contributed by atoms with E-state index in [9.17, 15) is 13.6 Å². The van der Waals surface area contributed by atoms with Crippen LogP contribution in [0.25, 0.3) is 0 Å². The van der Waals surface area contributed by atoms with Gasteiger partial charge in [-0.05, 0) is 12.8 Å². The van der Waals surface area contributed by atoms with Gasteiger partial charge in [0.25, 0.3) is 6.43 Å². The molecular weight excluding hydrogens is 218 g/mol. The normalized spacial score (nSPS) is 15.2. The predicted molar refractivity (Wildman–Crippen MR) is 57.3 cm³/mol. The Kier molecular flexibility index (Phi) is 7.16. The van der Waals surface area contributed by atoms with E-state index in [4.69, 9.17) is 5.11 Å². The molecule has 0 aromatic heterocycles. The molecule has 4 nitrogen and oxygen atoms in total. The van der Waals surface area contributed by atoms with Crippen LogP contribution in [0.15, 0.2) is 0 Å². The molecule has 96 valence electrons. The number of nitrogens with one attached hydrogen (secondary N) is 2. The van der Waals surface area contributed by atoms with Gasteiger partial charge in [-0.1, -0.05) is 13.8 Å². The van der Waals surface area contributed by atoms with E-state index in [1.165, 1.54) is 0 Å². The number of hydrogen-bond donors (Lipinski definition) is 3. The molecule has 0 rings (SSSR count). The highest BCUT2D eigenvalue weighted by Crippen LogP contribution is 1.99. The summed E-state index contributed by atoms with van der Waals surface area (Å²) in [6.45, 7) is 5.72. The number of carbonyl (C=O) groups excluding carboxylic acids is 1. The SMILES string of the molecule is CC(C)CNC(=O)C(C)NCC(O)C(F)F. The molecular formula is C10H20F2N2O2. The molecule has 0 aromatic carbocycles. The highest BCUT2D eigenvalue weighted by atomic mass is 19.3. The third kappa shape index (κ3) is 6.68. The lowest BCUT2D eigenvalue weighted by Gasteiger charge is -2.17. The lowest BCUT2D eigenvalue weighted by Crippen LogP contribution is -2.46. The van der Waals surface area contributed by atoms with E-state index in [-0.39, 0.29) is 12.5 Å². The van der Waals surface area contributed by atoms with Crippen LogP contribution in [0.5, 0.6) is 0 Å². The first-order valence-electron chi connectivity index (χ1n) is 5.32. The van der Waals surface area contributed by atoms with Gasteiger partial charge in [-0.25, -0.2) is 8.78 Å². The molecule has 0 aliphatic carbocycles. The molecule has 0 saturated heterocycles. The average molecular weight is 238 g/mol. The van der Waals surface area contributed by atoms with Gasteiger partial charge >= 0.3 is 0 Å². The van der Waals surface area contributed by atoms with Gasteiger partial charge in [-0.2, -0.15) is 0 Å². The first-order chi connectivity index (χ1) is 7.34. The second-order valence-corrected chi connectivity index (χ2v) is 4.17. The quantitative estimate of drug-likeness (QED) is 0.600. The van der Waals surface area contributed by atoms with Crippen molar-refractivity contribution in [3.8, 4) is 0 Å². The molecule has 0 aliphatic rings. The van der Waals surface area contributed by atoms with Crippen molar-refractivity contribution in [2.75, 3.05) is 13.1 Å². The van der Waals surface area contributed by atoms with E-state index in [0.29, 0.717) is 12.5 Å². The molecule has 0 bridgehead atoms. The highest BCUT2D eigenvalue weighted by Gasteiger charge is 2.19. The fourth-order valence-corrected chi connectivity index (χ4v) is 0.937. The molecule has 0 aromatic rings. The van der Waals surface area contributed by atoms with Gasteiger partial charge in [0.1, 0.15) is 6.10 Å². The zero-order valence-electron chi connectivity index (χ0n) is 9.84. The van der Waals surface area contributed by atoms with Gasteiger partial charge in [0.15, 0.2) is 0 Å². The maximum Gasteiger partial charge on any atom is 0.265 e. The second-order valence-electron chi connectivity index (χ2n) is 4.17. The molecule has 16 heavy (non-hydrogen) atoms. The van der Waals surface area contributed by atoms with Gasteiger partial charge in [0, 0.05) is 13.1 Å². The molecule has 0 fully saturated rings. The number of halogens is 2. The minimum absolute atomic E-state index is 0.254. The molecule has 6 heteroatoms. The van der Waals surface area contributed by atoms with Gasteiger partial charge in [0.2, 0.25) is 5.91 Å². The number of rotatable bonds is 7. The van der Waals surface area contributed by atoms with Crippen molar-refractivity contribution >= 4 is 5.91 Å². The summed E-state index contributed by atoms with van der Waals surface area (Å²) in [6, 6.07) is -0.591. The Hall–Kier alpha value is -0.750. The number of carbonyl (C=O) groups is 1.